The summed E-state index contributed by atoms with van der Waals surface area (Å²) in [6, 6.07) is 8.94. The van der Waals surface area contributed by atoms with Gasteiger partial charge in [-0.05, 0) is 19.4 Å². The van der Waals surface area contributed by atoms with E-state index in [1.54, 1.807) is 0 Å². The van der Waals surface area contributed by atoms with Gasteiger partial charge in [-0.1, -0.05) is 29.4 Å². The van der Waals surface area contributed by atoms with Gasteiger partial charge in [0.05, 0.1) is 6.61 Å². The van der Waals surface area contributed by atoms with Gasteiger partial charge >= 0.3 is 5.97 Å². The third-order valence-electron chi connectivity index (χ3n) is 3.31. The number of carboxylic acid groups (broad SMARTS) is 1. The van der Waals surface area contributed by atoms with Gasteiger partial charge in [0.1, 0.15) is 11.8 Å². The van der Waals surface area contributed by atoms with Crippen LogP contribution in [0, 0.1) is 0 Å². The number of nitrogens with zero attached hydrogens (tertiary/aromatic N) is 1. The molecule has 0 spiro atoms. The van der Waals surface area contributed by atoms with Crippen LogP contribution in [0.5, 0.6) is 0 Å². The molecule has 110 valence electrons. The summed E-state index contributed by atoms with van der Waals surface area (Å²) in [5.74, 6) is -1.88. The van der Waals surface area contributed by atoms with Crippen molar-refractivity contribution in [2.24, 2.45) is 0 Å². The topological polar surface area (TPSA) is 81.8 Å². The molecule has 6 heteroatoms. The second-order valence-electron chi connectivity index (χ2n) is 5.32. The highest BCUT2D eigenvalue weighted by atomic mass is 16.7. The van der Waals surface area contributed by atoms with Gasteiger partial charge in [-0.15, -0.1) is 0 Å². The third kappa shape index (κ3) is 2.81. The summed E-state index contributed by atoms with van der Waals surface area (Å²) in [5, 5.41) is 12.6. The van der Waals surface area contributed by atoms with E-state index in [0.29, 0.717) is 12.3 Å². The summed E-state index contributed by atoms with van der Waals surface area (Å²) in [6.45, 7) is 4.27. The maximum absolute atomic E-state index is 10.8. The lowest BCUT2D eigenvalue weighted by Gasteiger charge is -2.17. The van der Waals surface area contributed by atoms with Crippen LogP contribution in [0.1, 0.15) is 36.1 Å². The number of aromatic carboxylic acids is 1. The van der Waals surface area contributed by atoms with Crippen LogP contribution in [0.3, 0.4) is 0 Å². The second kappa shape index (κ2) is 4.98. The standard InChI is InChI=1S/C15H15NO5/c1-15(2)19-8-13(20-15)10-5-3-9(4-6-10)11-7-12(14(17)18)21-16-11/h3-7,13H,8H2,1-2H3,(H,17,18). The third-order valence-corrected chi connectivity index (χ3v) is 3.31. The molecular weight excluding hydrogens is 274 g/mol. The molecule has 1 unspecified atom stereocenters. The summed E-state index contributed by atoms with van der Waals surface area (Å²) in [4.78, 5) is 10.8. The summed E-state index contributed by atoms with van der Waals surface area (Å²) < 4.78 is 16.1. The van der Waals surface area contributed by atoms with E-state index in [2.05, 4.69) is 5.16 Å². The van der Waals surface area contributed by atoms with E-state index in [1.165, 1.54) is 6.07 Å². The minimum atomic E-state index is -1.14. The van der Waals surface area contributed by atoms with Gasteiger partial charge in [0.15, 0.2) is 5.79 Å². The van der Waals surface area contributed by atoms with Crippen molar-refractivity contribution in [3.63, 3.8) is 0 Å². The van der Waals surface area contributed by atoms with Crippen LogP contribution in [0.25, 0.3) is 11.3 Å². The molecule has 0 amide bonds. The van der Waals surface area contributed by atoms with Crippen LogP contribution < -0.4 is 0 Å². The molecule has 0 bridgehead atoms. The summed E-state index contributed by atoms with van der Waals surface area (Å²) in [7, 11) is 0. The Kier molecular flexibility index (Phi) is 3.27. The van der Waals surface area contributed by atoms with E-state index in [1.807, 2.05) is 38.1 Å². The molecule has 0 radical (unpaired) electrons. The van der Waals surface area contributed by atoms with Crippen molar-refractivity contribution < 1.29 is 23.9 Å². The average molecular weight is 289 g/mol. The average Bonchev–Trinajstić information content (AvgIpc) is 3.05. The predicted molar refractivity (Wildman–Crippen MR) is 72.8 cm³/mol. The minimum absolute atomic E-state index is 0.0964. The molecule has 3 rings (SSSR count). The maximum Gasteiger partial charge on any atom is 0.374 e. The first-order chi connectivity index (χ1) is 9.94. The molecule has 0 saturated carbocycles. The van der Waals surface area contributed by atoms with E-state index >= 15 is 0 Å². The number of carboxylic acids is 1. The molecule has 2 aromatic rings. The number of hydrogen-bond donors (Lipinski definition) is 1. The molecule has 0 aliphatic carbocycles. The van der Waals surface area contributed by atoms with E-state index in [4.69, 9.17) is 19.1 Å². The van der Waals surface area contributed by atoms with Crippen molar-refractivity contribution in [3.05, 3.63) is 41.7 Å². The Balaban J connectivity index is 1.79. The molecule has 1 aromatic carbocycles. The smallest absolute Gasteiger partial charge is 0.374 e. The molecule has 6 nitrogen and oxygen atoms in total. The van der Waals surface area contributed by atoms with Gasteiger partial charge in [-0.25, -0.2) is 4.79 Å². The van der Waals surface area contributed by atoms with Gasteiger partial charge < -0.3 is 19.1 Å². The minimum Gasteiger partial charge on any atom is -0.475 e. The highest BCUT2D eigenvalue weighted by Gasteiger charge is 2.33. The fourth-order valence-corrected chi connectivity index (χ4v) is 2.23. The van der Waals surface area contributed by atoms with E-state index in [0.717, 1.165) is 11.1 Å². The Bertz CT molecular complexity index is 659. The van der Waals surface area contributed by atoms with Crippen molar-refractivity contribution >= 4 is 5.97 Å². The molecule has 2 heterocycles. The molecule has 1 aromatic heterocycles. The molecular formula is C15H15NO5. The number of hydrogen-bond acceptors (Lipinski definition) is 5. The summed E-state index contributed by atoms with van der Waals surface area (Å²) in [6.07, 6.45) is -0.0964. The van der Waals surface area contributed by atoms with E-state index in [9.17, 15) is 4.79 Å². The Morgan fingerprint density at radius 1 is 1.33 bits per heavy atom. The number of rotatable bonds is 3. The fraction of sp³-hybridized carbons (Fsp3) is 0.333. The first kappa shape index (κ1) is 13.8. The monoisotopic (exact) mass is 289 g/mol. The maximum atomic E-state index is 10.8. The number of carbonyl (C=O) groups is 1. The van der Waals surface area contributed by atoms with Crippen LogP contribution in [0.4, 0.5) is 0 Å². The lowest BCUT2D eigenvalue weighted by Crippen LogP contribution is -2.19. The Hall–Kier alpha value is -2.18. The van der Waals surface area contributed by atoms with Gasteiger partial charge in [0.2, 0.25) is 5.76 Å². The molecule has 1 aliphatic rings. The summed E-state index contributed by atoms with van der Waals surface area (Å²) >= 11 is 0. The van der Waals surface area contributed by atoms with E-state index < -0.39 is 11.8 Å². The Morgan fingerprint density at radius 2 is 2.05 bits per heavy atom. The van der Waals surface area contributed by atoms with Crippen molar-refractivity contribution in [2.45, 2.75) is 25.7 Å². The quantitative estimate of drug-likeness (QED) is 0.935. The SMILES string of the molecule is CC1(C)OCC(c2ccc(-c3cc(C(=O)O)on3)cc2)O1. The molecule has 1 aliphatic heterocycles. The largest absolute Gasteiger partial charge is 0.475 e. The number of ether oxygens (including phenoxy) is 2. The Labute approximate surface area is 121 Å². The van der Waals surface area contributed by atoms with Crippen LogP contribution in [-0.2, 0) is 9.47 Å². The van der Waals surface area contributed by atoms with Crippen LogP contribution in [-0.4, -0.2) is 28.6 Å². The molecule has 1 atom stereocenters. The van der Waals surface area contributed by atoms with Gasteiger partial charge in [-0.2, -0.15) is 0 Å². The first-order valence-electron chi connectivity index (χ1n) is 6.57. The lowest BCUT2D eigenvalue weighted by atomic mass is 10.1. The highest BCUT2D eigenvalue weighted by Crippen LogP contribution is 2.33. The Morgan fingerprint density at radius 3 is 2.57 bits per heavy atom. The summed E-state index contributed by atoms with van der Waals surface area (Å²) in [5.41, 5.74) is 2.28. The normalized spacial score (nSPS) is 20.6. The molecule has 21 heavy (non-hydrogen) atoms. The molecule has 1 fully saturated rings. The molecule has 1 N–H and O–H groups in total. The zero-order valence-corrected chi connectivity index (χ0v) is 11.7. The molecule has 1 saturated heterocycles. The van der Waals surface area contributed by atoms with Gasteiger partial charge in [0, 0.05) is 11.6 Å². The zero-order chi connectivity index (χ0) is 15.0. The van der Waals surface area contributed by atoms with Crippen molar-refractivity contribution in [1.29, 1.82) is 0 Å². The van der Waals surface area contributed by atoms with Crippen LogP contribution in [0.2, 0.25) is 0 Å². The van der Waals surface area contributed by atoms with Crippen molar-refractivity contribution in [3.8, 4) is 11.3 Å². The van der Waals surface area contributed by atoms with Crippen LogP contribution in [0.15, 0.2) is 34.9 Å². The van der Waals surface area contributed by atoms with Crippen molar-refractivity contribution in [2.75, 3.05) is 6.61 Å². The fourth-order valence-electron chi connectivity index (χ4n) is 2.23. The highest BCUT2D eigenvalue weighted by molar-refractivity contribution is 5.85. The number of aromatic nitrogens is 1. The lowest BCUT2D eigenvalue weighted by molar-refractivity contribution is -0.139. The number of benzene rings is 1. The van der Waals surface area contributed by atoms with Gasteiger partial charge in [0.25, 0.3) is 0 Å². The zero-order valence-electron chi connectivity index (χ0n) is 11.7. The van der Waals surface area contributed by atoms with E-state index in [-0.39, 0.29) is 11.9 Å². The van der Waals surface area contributed by atoms with Crippen LogP contribution >= 0.6 is 0 Å². The van der Waals surface area contributed by atoms with Gasteiger partial charge in [-0.3, -0.25) is 0 Å². The second-order valence-corrected chi connectivity index (χ2v) is 5.32. The first-order valence-corrected chi connectivity index (χ1v) is 6.57. The predicted octanol–water partition coefficient (Wildman–Crippen LogP) is 2.86. The van der Waals surface area contributed by atoms with Crippen molar-refractivity contribution in [1.82, 2.24) is 5.16 Å².